The molecule has 246 valence electrons. The van der Waals surface area contributed by atoms with Crippen LogP contribution in [0.1, 0.15) is 67.3 Å². The largest absolute Gasteiger partial charge is 0.471 e. The Hall–Kier alpha value is -3.03. The lowest BCUT2D eigenvalue weighted by Crippen LogP contribution is -2.50. The zero-order valence-corrected chi connectivity index (χ0v) is 25.7. The number of methoxy groups -OCH3 is 1. The van der Waals surface area contributed by atoms with Gasteiger partial charge >= 0.3 is 12.1 Å². The second kappa shape index (κ2) is 14.6. The molecule has 9 nitrogen and oxygen atoms in total. The zero-order valence-electron chi connectivity index (χ0n) is 25.7. The third-order valence-corrected chi connectivity index (χ3v) is 9.17. The van der Waals surface area contributed by atoms with Crippen LogP contribution in [0.4, 0.5) is 13.2 Å². The molecule has 2 aromatic rings. The number of aliphatic hydroxyl groups excluding tert-OH is 1. The van der Waals surface area contributed by atoms with Gasteiger partial charge in [0, 0.05) is 44.3 Å². The molecule has 0 bridgehead atoms. The number of carbonyl (C=O) groups excluding carboxylic acids is 2. The Kier molecular flexibility index (Phi) is 10.8. The van der Waals surface area contributed by atoms with Gasteiger partial charge in [-0.1, -0.05) is 55.5 Å². The lowest BCUT2D eigenvalue weighted by molar-refractivity contribution is -0.276. The number of nitrogens with zero attached hydrogens (tertiary/aromatic N) is 2. The summed E-state index contributed by atoms with van der Waals surface area (Å²) in [6, 6.07) is 14.3. The van der Waals surface area contributed by atoms with Gasteiger partial charge in [-0.05, 0) is 48.9 Å². The lowest BCUT2D eigenvalue weighted by atomic mass is 9.90. The molecule has 12 heteroatoms. The molecule has 2 amide bonds. The molecule has 0 unspecified atom stereocenters. The topological polar surface area (TPSA) is 101 Å². The van der Waals surface area contributed by atoms with Gasteiger partial charge in [0.1, 0.15) is 6.04 Å². The van der Waals surface area contributed by atoms with Gasteiger partial charge in [0.25, 0.3) is 0 Å². The van der Waals surface area contributed by atoms with Crippen LogP contribution < -0.4 is 5.32 Å². The molecule has 6 atom stereocenters. The lowest BCUT2D eigenvalue weighted by Gasteiger charge is -2.43. The minimum Gasteiger partial charge on any atom is -0.392 e. The number of carbonyl (C=O) groups is 2. The van der Waals surface area contributed by atoms with Gasteiger partial charge in [0.15, 0.2) is 6.29 Å². The van der Waals surface area contributed by atoms with Gasteiger partial charge in [-0.3, -0.25) is 14.5 Å². The summed E-state index contributed by atoms with van der Waals surface area (Å²) in [6.45, 7) is 4.48. The second-order valence-electron chi connectivity index (χ2n) is 12.2. The highest BCUT2D eigenvalue weighted by molar-refractivity contribution is 5.90. The van der Waals surface area contributed by atoms with E-state index >= 15 is 0 Å². The molecule has 2 N–H and O–H groups in total. The van der Waals surface area contributed by atoms with Crippen LogP contribution in [0.2, 0.25) is 0 Å². The second-order valence-corrected chi connectivity index (χ2v) is 12.2. The fourth-order valence-electron chi connectivity index (χ4n) is 6.62. The van der Waals surface area contributed by atoms with Gasteiger partial charge in [0.05, 0.1) is 25.4 Å². The molecular formula is C33H42F3N3O6. The Morgan fingerprint density at radius 2 is 1.64 bits per heavy atom. The highest BCUT2D eigenvalue weighted by Gasteiger charge is 2.47. The van der Waals surface area contributed by atoms with Crippen molar-refractivity contribution in [1.29, 1.82) is 0 Å². The standard InChI is InChI=1S/C33H42F3N3O6/c1-21-28(18-38-15-3-5-26(38)20-43-2)44-31(45-29(21)24-11-9-23(19-40)10-12-24)25-13-7-22(8-14-25)17-37-30(41)27-6-4-16-39(27)32(42)33(34,35)36/h7-14,21,26-29,31,40H,3-6,15-20H2,1-2H3,(H,37,41)/t21-,26+,27+,28+,29+,31+/m1/s1. The van der Waals surface area contributed by atoms with Crippen molar-refractivity contribution in [2.75, 3.05) is 33.4 Å². The summed E-state index contributed by atoms with van der Waals surface area (Å²) in [5, 5.41) is 12.2. The predicted molar refractivity (Wildman–Crippen MR) is 159 cm³/mol. The number of benzene rings is 2. The SMILES string of the molecule is COC[C@@H]1CCCN1C[C@@H]1O[C@H](c2ccc(CNC(=O)[C@@H]3CCCN3C(=O)C(F)(F)F)cc2)O[C@H](c2ccc(CO)cc2)[C@@H]1C. The molecule has 0 radical (unpaired) electrons. The molecule has 45 heavy (non-hydrogen) atoms. The van der Waals surface area contributed by atoms with Crippen molar-refractivity contribution in [3.63, 3.8) is 0 Å². The first-order valence-corrected chi connectivity index (χ1v) is 15.6. The summed E-state index contributed by atoms with van der Waals surface area (Å²) >= 11 is 0. The van der Waals surface area contributed by atoms with E-state index in [2.05, 4.69) is 17.1 Å². The molecule has 3 aliphatic heterocycles. The minimum absolute atomic E-state index is 0.0387. The summed E-state index contributed by atoms with van der Waals surface area (Å²) in [5.74, 6) is -2.54. The Bertz CT molecular complexity index is 1290. The third-order valence-electron chi connectivity index (χ3n) is 9.17. The van der Waals surface area contributed by atoms with Crippen molar-refractivity contribution in [3.8, 4) is 0 Å². The number of amides is 2. The van der Waals surface area contributed by atoms with E-state index in [0.29, 0.717) is 24.0 Å². The fraction of sp³-hybridized carbons (Fsp3) is 0.576. The predicted octanol–water partition coefficient (Wildman–Crippen LogP) is 4.25. The molecule has 0 spiro atoms. The van der Waals surface area contributed by atoms with Gasteiger partial charge in [-0.25, -0.2) is 0 Å². The number of aliphatic hydroxyl groups is 1. The van der Waals surface area contributed by atoms with Crippen LogP contribution in [0.25, 0.3) is 0 Å². The number of ether oxygens (including phenoxy) is 3. The maximum atomic E-state index is 13.0. The molecule has 3 fully saturated rings. The van der Waals surface area contributed by atoms with E-state index in [9.17, 15) is 27.9 Å². The van der Waals surface area contributed by atoms with Gasteiger partial charge < -0.3 is 29.5 Å². The third kappa shape index (κ3) is 7.86. The Labute approximate surface area is 261 Å². The van der Waals surface area contributed by atoms with Crippen molar-refractivity contribution in [2.24, 2.45) is 5.92 Å². The smallest absolute Gasteiger partial charge is 0.392 e. The van der Waals surface area contributed by atoms with E-state index in [1.54, 1.807) is 7.11 Å². The van der Waals surface area contributed by atoms with E-state index in [1.807, 2.05) is 48.5 Å². The summed E-state index contributed by atoms with van der Waals surface area (Å²) in [6.07, 6.45) is -3.33. The van der Waals surface area contributed by atoms with Crippen LogP contribution in [-0.4, -0.2) is 84.4 Å². The van der Waals surface area contributed by atoms with Crippen LogP contribution in [0.3, 0.4) is 0 Å². The van der Waals surface area contributed by atoms with Crippen LogP contribution in [-0.2, 0) is 37.0 Å². The molecule has 3 aliphatic rings. The summed E-state index contributed by atoms with van der Waals surface area (Å²) in [7, 11) is 1.72. The quantitative estimate of drug-likeness (QED) is 0.404. The molecule has 3 heterocycles. The monoisotopic (exact) mass is 633 g/mol. The molecule has 3 saturated heterocycles. The average molecular weight is 634 g/mol. The first kappa shape index (κ1) is 33.3. The van der Waals surface area contributed by atoms with E-state index in [1.165, 1.54) is 0 Å². The Morgan fingerprint density at radius 3 is 2.31 bits per heavy atom. The van der Waals surface area contributed by atoms with Crippen LogP contribution in [0.5, 0.6) is 0 Å². The van der Waals surface area contributed by atoms with Gasteiger partial charge in [-0.15, -0.1) is 0 Å². The Morgan fingerprint density at radius 1 is 0.978 bits per heavy atom. The van der Waals surface area contributed by atoms with E-state index in [4.69, 9.17) is 14.2 Å². The fourth-order valence-corrected chi connectivity index (χ4v) is 6.62. The first-order chi connectivity index (χ1) is 21.6. The summed E-state index contributed by atoms with van der Waals surface area (Å²) in [4.78, 5) is 27.5. The van der Waals surface area contributed by atoms with Gasteiger partial charge in [-0.2, -0.15) is 13.2 Å². The van der Waals surface area contributed by atoms with Crippen LogP contribution in [0, 0.1) is 5.92 Å². The first-order valence-electron chi connectivity index (χ1n) is 15.6. The average Bonchev–Trinajstić information content (AvgIpc) is 3.70. The summed E-state index contributed by atoms with van der Waals surface area (Å²) < 4.78 is 57.5. The number of hydrogen-bond acceptors (Lipinski definition) is 7. The summed E-state index contributed by atoms with van der Waals surface area (Å²) in [5.41, 5.74) is 3.36. The normalized spacial score (nSPS) is 27.6. The number of nitrogens with one attached hydrogen (secondary N) is 1. The van der Waals surface area contributed by atoms with Crippen molar-refractivity contribution in [3.05, 3.63) is 70.8 Å². The van der Waals surface area contributed by atoms with Crippen LogP contribution in [0.15, 0.2) is 48.5 Å². The van der Waals surface area contributed by atoms with Crippen LogP contribution >= 0.6 is 0 Å². The molecular weight excluding hydrogens is 591 g/mol. The molecule has 2 aromatic carbocycles. The highest BCUT2D eigenvalue weighted by atomic mass is 19.4. The number of hydrogen-bond donors (Lipinski definition) is 2. The highest BCUT2D eigenvalue weighted by Crippen LogP contribution is 2.42. The van der Waals surface area contributed by atoms with Crippen molar-refractivity contribution >= 4 is 11.8 Å². The molecule has 5 rings (SSSR count). The minimum atomic E-state index is -5.01. The molecule has 0 saturated carbocycles. The number of halogens is 3. The molecule has 0 aliphatic carbocycles. The maximum Gasteiger partial charge on any atom is 0.471 e. The van der Waals surface area contributed by atoms with E-state index < -0.39 is 30.3 Å². The van der Waals surface area contributed by atoms with Crippen molar-refractivity contribution < 1.29 is 42.1 Å². The van der Waals surface area contributed by atoms with Gasteiger partial charge in [0.2, 0.25) is 5.91 Å². The number of likely N-dealkylation sites (tertiary alicyclic amines) is 2. The Balaban J connectivity index is 1.27. The number of alkyl halides is 3. The van der Waals surface area contributed by atoms with Crippen molar-refractivity contribution in [2.45, 2.75) is 82.5 Å². The van der Waals surface area contributed by atoms with Crippen molar-refractivity contribution in [1.82, 2.24) is 15.1 Å². The maximum absolute atomic E-state index is 13.0. The van der Waals surface area contributed by atoms with E-state index in [-0.39, 0.29) is 44.2 Å². The zero-order chi connectivity index (χ0) is 32.1. The van der Waals surface area contributed by atoms with E-state index in [0.717, 1.165) is 48.2 Å². The molecule has 0 aromatic heterocycles. The number of rotatable bonds is 10.